The first kappa shape index (κ1) is 18.8. The highest BCUT2D eigenvalue weighted by Gasteiger charge is 2.14. The van der Waals surface area contributed by atoms with E-state index in [1.165, 1.54) is 32.4 Å². The number of aromatic nitrogens is 7. The first-order valence-corrected chi connectivity index (χ1v) is 10.5. The average molecular weight is 406 g/mol. The van der Waals surface area contributed by atoms with Crippen LogP contribution in [0.15, 0.2) is 30.7 Å². The number of aryl methyl sites for hydroxylation is 2. The zero-order chi connectivity index (χ0) is 20.5. The lowest BCUT2D eigenvalue weighted by Gasteiger charge is -2.26. The van der Waals surface area contributed by atoms with Gasteiger partial charge in [-0.2, -0.15) is 10.2 Å². The summed E-state index contributed by atoms with van der Waals surface area (Å²) in [5, 5.41) is 15.1. The Balaban J connectivity index is 1.40. The van der Waals surface area contributed by atoms with Gasteiger partial charge in [0.15, 0.2) is 5.82 Å². The molecule has 1 fully saturated rings. The molecule has 0 unspecified atom stereocenters. The molecule has 0 spiro atoms. The van der Waals surface area contributed by atoms with Gasteiger partial charge in [0, 0.05) is 42.3 Å². The zero-order valence-electron chi connectivity index (χ0n) is 17.5. The molecule has 2 N–H and O–H groups in total. The number of fused-ring (bicyclic) bond motifs is 1. The van der Waals surface area contributed by atoms with Crippen LogP contribution in [0.3, 0.4) is 0 Å². The van der Waals surface area contributed by atoms with E-state index in [4.69, 9.17) is 4.98 Å². The van der Waals surface area contributed by atoms with Crippen molar-refractivity contribution in [3.05, 3.63) is 42.1 Å². The summed E-state index contributed by atoms with van der Waals surface area (Å²) in [4.78, 5) is 12.0. The van der Waals surface area contributed by atoms with Crippen LogP contribution in [-0.2, 0) is 6.54 Å². The SMILES string of the molecule is Cc1cn2c(Nc3cc(C)[nH]n3)nc(-c3cnn(CCN4CCCCC4)c3)cc2n1. The number of piperidine rings is 1. The van der Waals surface area contributed by atoms with Crippen molar-refractivity contribution < 1.29 is 0 Å². The highest BCUT2D eigenvalue weighted by Crippen LogP contribution is 2.23. The van der Waals surface area contributed by atoms with Crippen molar-refractivity contribution in [2.24, 2.45) is 0 Å². The summed E-state index contributed by atoms with van der Waals surface area (Å²) < 4.78 is 3.96. The molecule has 0 saturated carbocycles. The summed E-state index contributed by atoms with van der Waals surface area (Å²) in [6.07, 6.45) is 9.90. The number of rotatable bonds is 6. The number of imidazole rings is 1. The number of likely N-dealkylation sites (tertiary alicyclic amines) is 1. The molecule has 0 atom stereocenters. The molecule has 4 aromatic heterocycles. The van der Waals surface area contributed by atoms with Crippen LogP contribution < -0.4 is 5.32 Å². The predicted octanol–water partition coefficient (Wildman–Crippen LogP) is 3.16. The van der Waals surface area contributed by atoms with E-state index in [1.807, 2.05) is 47.5 Å². The molecule has 1 aliphatic rings. The first-order valence-electron chi connectivity index (χ1n) is 10.5. The number of anilines is 2. The van der Waals surface area contributed by atoms with E-state index in [-0.39, 0.29) is 0 Å². The van der Waals surface area contributed by atoms with E-state index in [0.29, 0.717) is 5.95 Å². The second-order valence-electron chi connectivity index (χ2n) is 8.03. The van der Waals surface area contributed by atoms with Gasteiger partial charge in [-0.25, -0.2) is 9.97 Å². The number of hydrogen-bond donors (Lipinski definition) is 2. The quantitative estimate of drug-likeness (QED) is 0.512. The van der Waals surface area contributed by atoms with Crippen LogP contribution in [0.5, 0.6) is 0 Å². The Kier molecular flexibility index (Phi) is 4.96. The van der Waals surface area contributed by atoms with Gasteiger partial charge in [0.1, 0.15) is 5.65 Å². The third kappa shape index (κ3) is 3.93. The Morgan fingerprint density at radius 1 is 1.03 bits per heavy atom. The Morgan fingerprint density at radius 3 is 2.70 bits per heavy atom. The van der Waals surface area contributed by atoms with Crippen molar-refractivity contribution in [2.75, 3.05) is 25.0 Å². The molecule has 0 radical (unpaired) electrons. The normalized spacial score (nSPS) is 15.1. The molecule has 5 heterocycles. The highest BCUT2D eigenvalue weighted by atomic mass is 15.3. The third-order valence-electron chi connectivity index (χ3n) is 5.54. The largest absolute Gasteiger partial charge is 0.308 e. The molecule has 0 bridgehead atoms. The van der Waals surface area contributed by atoms with Crippen molar-refractivity contribution in [1.82, 2.24) is 39.2 Å². The zero-order valence-corrected chi connectivity index (χ0v) is 17.5. The fourth-order valence-corrected chi connectivity index (χ4v) is 3.99. The molecule has 1 aliphatic heterocycles. The number of hydrogen-bond acceptors (Lipinski definition) is 6. The van der Waals surface area contributed by atoms with Gasteiger partial charge >= 0.3 is 0 Å². The number of nitrogens with one attached hydrogen (secondary N) is 2. The van der Waals surface area contributed by atoms with Gasteiger partial charge in [0.2, 0.25) is 5.95 Å². The lowest BCUT2D eigenvalue weighted by Crippen LogP contribution is -2.32. The third-order valence-corrected chi connectivity index (χ3v) is 5.54. The first-order chi connectivity index (χ1) is 14.6. The molecule has 1 saturated heterocycles. The standard InChI is InChI=1S/C21H27N9/c1-15-10-19(27-26-15)25-21-24-18(11-20-23-16(2)13-30(20)21)17-12-22-29(14-17)9-8-28-6-4-3-5-7-28/h10-14H,3-9H2,1-2H3,(H2,24,25,26,27). The summed E-state index contributed by atoms with van der Waals surface area (Å²) in [6, 6.07) is 3.95. The Hall–Kier alpha value is -3.20. The average Bonchev–Trinajstić information content (AvgIpc) is 3.46. The van der Waals surface area contributed by atoms with E-state index in [9.17, 15) is 0 Å². The molecule has 0 aromatic carbocycles. The van der Waals surface area contributed by atoms with Crippen LogP contribution in [0.2, 0.25) is 0 Å². The summed E-state index contributed by atoms with van der Waals surface area (Å²) in [7, 11) is 0. The van der Waals surface area contributed by atoms with Crippen LogP contribution >= 0.6 is 0 Å². The molecule has 0 aliphatic carbocycles. The number of H-pyrrole nitrogens is 1. The molecule has 156 valence electrons. The van der Waals surface area contributed by atoms with Crippen LogP contribution in [-0.4, -0.2) is 58.9 Å². The summed E-state index contributed by atoms with van der Waals surface area (Å²) in [5.74, 6) is 1.40. The fraction of sp³-hybridized carbons (Fsp3) is 0.429. The number of nitrogens with zero attached hydrogens (tertiary/aromatic N) is 7. The summed E-state index contributed by atoms with van der Waals surface area (Å²) in [6.45, 7) is 8.28. The lowest BCUT2D eigenvalue weighted by atomic mass is 10.1. The maximum absolute atomic E-state index is 4.85. The topological polar surface area (TPSA) is 92.0 Å². The molecule has 0 amide bonds. The molecular weight excluding hydrogens is 378 g/mol. The molecule has 9 nitrogen and oxygen atoms in total. The minimum atomic E-state index is 0.677. The van der Waals surface area contributed by atoms with Gasteiger partial charge in [-0.1, -0.05) is 6.42 Å². The van der Waals surface area contributed by atoms with Gasteiger partial charge in [-0.05, 0) is 39.8 Å². The number of aromatic amines is 1. The summed E-state index contributed by atoms with van der Waals surface area (Å²) in [5.41, 5.74) is 4.59. The van der Waals surface area contributed by atoms with Gasteiger partial charge in [-0.3, -0.25) is 14.2 Å². The van der Waals surface area contributed by atoms with E-state index < -0.39 is 0 Å². The van der Waals surface area contributed by atoms with Gasteiger partial charge in [-0.15, -0.1) is 0 Å². The molecule has 5 rings (SSSR count). The summed E-state index contributed by atoms with van der Waals surface area (Å²) >= 11 is 0. The van der Waals surface area contributed by atoms with Crippen molar-refractivity contribution in [3.8, 4) is 11.3 Å². The Bertz CT molecular complexity index is 1150. The van der Waals surface area contributed by atoms with E-state index >= 15 is 0 Å². The smallest absolute Gasteiger partial charge is 0.215 e. The monoisotopic (exact) mass is 405 g/mol. The van der Waals surface area contributed by atoms with Crippen molar-refractivity contribution >= 4 is 17.4 Å². The minimum Gasteiger partial charge on any atom is -0.308 e. The maximum Gasteiger partial charge on any atom is 0.215 e. The van der Waals surface area contributed by atoms with E-state index in [1.54, 1.807) is 0 Å². The second kappa shape index (κ2) is 7.91. The van der Waals surface area contributed by atoms with Crippen molar-refractivity contribution in [2.45, 2.75) is 39.7 Å². The van der Waals surface area contributed by atoms with Crippen molar-refractivity contribution in [1.29, 1.82) is 0 Å². The molecular formula is C21H27N9. The second-order valence-corrected chi connectivity index (χ2v) is 8.03. The lowest BCUT2D eigenvalue weighted by molar-refractivity contribution is 0.218. The van der Waals surface area contributed by atoms with Gasteiger partial charge < -0.3 is 10.2 Å². The Morgan fingerprint density at radius 2 is 1.90 bits per heavy atom. The molecule has 30 heavy (non-hydrogen) atoms. The van der Waals surface area contributed by atoms with E-state index in [0.717, 1.165) is 47.2 Å². The maximum atomic E-state index is 4.85. The van der Waals surface area contributed by atoms with Crippen LogP contribution in [0.1, 0.15) is 30.7 Å². The molecule has 4 aromatic rings. The van der Waals surface area contributed by atoms with Gasteiger partial charge in [0.25, 0.3) is 0 Å². The van der Waals surface area contributed by atoms with E-state index in [2.05, 4.69) is 36.7 Å². The van der Waals surface area contributed by atoms with Crippen LogP contribution in [0.25, 0.3) is 16.9 Å². The predicted molar refractivity (Wildman–Crippen MR) is 116 cm³/mol. The highest BCUT2D eigenvalue weighted by molar-refractivity contribution is 5.66. The minimum absolute atomic E-state index is 0.677. The fourth-order valence-electron chi connectivity index (χ4n) is 3.99. The Labute approximate surface area is 175 Å². The van der Waals surface area contributed by atoms with Gasteiger partial charge in [0.05, 0.1) is 24.1 Å². The van der Waals surface area contributed by atoms with Crippen LogP contribution in [0.4, 0.5) is 11.8 Å². The molecule has 9 heteroatoms. The van der Waals surface area contributed by atoms with Crippen LogP contribution in [0, 0.1) is 13.8 Å². The van der Waals surface area contributed by atoms with Crippen molar-refractivity contribution in [3.63, 3.8) is 0 Å².